The van der Waals surface area contributed by atoms with Gasteiger partial charge in [-0.2, -0.15) is 0 Å². The van der Waals surface area contributed by atoms with E-state index in [0.717, 1.165) is 0 Å². The number of anilines is 2. The van der Waals surface area contributed by atoms with Crippen LogP contribution in [0.15, 0.2) is 48.5 Å². The van der Waals surface area contributed by atoms with Gasteiger partial charge in [-0.25, -0.2) is 4.39 Å². The average molecular weight is 463 g/mol. The SMILES string of the molecule is CC(=O)NCCN1C(=S)N(c2ccc(Cl)cc2)C(=O)[C@H]1CC(=O)Nc1ccc(F)cc1. The van der Waals surface area contributed by atoms with Crippen LogP contribution in [0.3, 0.4) is 0 Å². The monoisotopic (exact) mass is 462 g/mol. The van der Waals surface area contributed by atoms with Crippen molar-refractivity contribution < 1.29 is 18.8 Å². The molecule has 10 heteroatoms. The number of nitrogens with zero attached hydrogens (tertiary/aromatic N) is 2. The van der Waals surface area contributed by atoms with E-state index in [1.807, 2.05) is 0 Å². The van der Waals surface area contributed by atoms with Crippen LogP contribution in [0.1, 0.15) is 13.3 Å². The fourth-order valence-electron chi connectivity index (χ4n) is 3.19. The van der Waals surface area contributed by atoms with E-state index in [2.05, 4.69) is 10.6 Å². The lowest BCUT2D eigenvalue weighted by molar-refractivity contribution is -0.124. The third-order valence-electron chi connectivity index (χ3n) is 4.64. The molecule has 0 saturated carbocycles. The van der Waals surface area contributed by atoms with Crippen molar-refractivity contribution in [3.8, 4) is 0 Å². The Kier molecular flexibility index (Phi) is 7.19. The maximum atomic E-state index is 13.2. The van der Waals surface area contributed by atoms with Gasteiger partial charge in [0.15, 0.2) is 5.11 Å². The van der Waals surface area contributed by atoms with Gasteiger partial charge in [-0.1, -0.05) is 11.6 Å². The summed E-state index contributed by atoms with van der Waals surface area (Å²) in [7, 11) is 0. The molecule has 1 atom stereocenters. The Bertz CT molecular complexity index is 1000. The molecular weight excluding hydrogens is 443 g/mol. The van der Waals surface area contributed by atoms with Crippen molar-refractivity contribution in [2.75, 3.05) is 23.3 Å². The highest BCUT2D eigenvalue weighted by Crippen LogP contribution is 2.28. The van der Waals surface area contributed by atoms with Crippen LogP contribution in [0.2, 0.25) is 5.02 Å². The summed E-state index contributed by atoms with van der Waals surface area (Å²) in [5, 5.41) is 6.07. The molecule has 1 saturated heterocycles. The molecule has 1 aliphatic heterocycles. The summed E-state index contributed by atoms with van der Waals surface area (Å²) in [6, 6.07) is 11.1. The number of thiocarbonyl (C=S) groups is 1. The summed E-state index contributed by atoms with van der Waals surface area (Å²) in [4.78, 5) is 40.0. The highest BCUT2D eigenvalue weighted by Gasteiger charge is 2.43. The zero-order valence-corrected chi connectivity index (χ0v) is 18.2. The second-order valence-corrected chi connectivity index (χ2v) is 7.69. The van der Waals surface area contributed by atoms with Crippen molar-refractivity contribution in [3.63, 3.8) is 0 Å². The molecule has 3 rings (SSSR count). The maximum absolute atomic E-state index is 13.2. The number of benzene rings is 2. The zero-order chi connectivity index (χ0) is 22.5. The van der Waals surface area contributed by atoms with E-state index in [-0.39, 0.29) is 36.4 Å². The lowest BCUT2D eigenvalue weighted by Crippen LogP contribution is -2.42. The Balaban J connectivity index is 1.79. The van der Waals surface area contributed by atoms with Crippen LogP contribution >= 0.6 is 23.8 Å². The third kappa shape index (κ3) is 5.56. The smallest absolute Gasteiger partial charge is 0.256 e. The average Bonchev–Trinajstić information content (AvgIpc) is 2.94. The Morgan fingerprint density at radius 3 is 2.39 bits per heavy atom. The van der Waals surface area contributed by atoms with E-state index >= 15 is 0 Å². The number of rotatable bonds is 7. The van der Waals surface area contributed by atoms with Crippen LogP contribution in [-0.2, 0) is 14.4 Å². The zero-order valence-electron chi connectivity index (χ0n) is 16.6. The first-order valence-electron chi connectivity index (χ1n) is 9.46. The minimum Gasteiger partial charge on any atom is -0.355 e. The number of amides is 3. The maximum Gasteiger partial charge on any atom is 0.256 e. The Labute approximate surface area is 189 Å². The summed E-state index contributed by atoms with van der Waals surface area (Å²) in [6.45, 7) is 1.90. The van der Waals surface area contributed by atoms with Gasteiger partial charge in [0.25, 0.3) is 5.91 Å². The van der Waals surface area contributed by atoms with Gasteiger partial charge < -0.3 is 15.5 Å². The van der Waals surface area contributed by atoms with E-state index in [0.29, 0.717) is 16.4 Å². The van der Waals surface area contributed by atoms with E-state index < -0.39 is 17.8 Å². The molecule has 1 aliphatic rings. The number of carbonyl (C=O) groups is 3. The Morgan fingerprint density at radius 2 is 1.77 bits per heavy atom. The fraction of sp³-hybridized carbons (Fsp3) is 0.238. The number of halogens is 2. The molecule has 0 spiro atoms. The number of hydrogen-bond acceptors (Lipinski definition) is 4. The Hall–Kier alpha value is -3.04. The molecule has 2 N–H and O–H groups in total. The van der Waals surface area contributed by atoms with Gasteiger partial charge >= 0.3 is 0 Å². The van der Waals surface area contributed by atoms with Crippen LogP contribution in [0, 0.1) is 5.82 Å². The quantitative estimate of drug-likeness (QED) is 0.618. The lowest BCUT2D eigenvalue weighted by Gasteiger charge is -2.24. The topological polar surface area (TPSA) is 81.8 Å². The fourth-order valence-corrected chi connectivity index (χ4v) is 3.73. The lowest BCUT2D eigenvalue weighted by atomic mass is 10.1. The van der Waals surface area contributed by atoms with Gasteiger partial charge in [-0.3, -0.25) is 19.3 Å². The van der Waals surface area contributed by atoms with Crippen LogP contribution in [0.5, 0.6) is 0 Å². The van der Waals surface area contributed by atoms with Crippen molar-refractivity contribution in [3.05, 3.63) is 59.4 Å². The molecule has 31 heavy (non-hydrogen) atoms. The van der Waals surface area contributed by atoms with Gasteiger partial charge in [0.2, 0.25) is 11.8 Å². The minimum atomic E-state index is -0.850. The summed E-state index contributed by atoms with van der Waals surface area (Å²) >= 11 is 11.5. The number of carbonyl (C=O) groups excluding carboxylic acids is 3. The first kappa shape index (κ1) is 22.6. The molecule has 0 radical (unpaired) electrons. The molecule has 2 aromatic carbocycles. The van der Waals surface area contributed by atoms with Crippen LogP contribution in [0.25, 0.3) is 0 Å². The van der Waals surface area contributed by atoms with Crippen molar-refractivity contribution in [1.82, 2.24) is 10.2 Å². The van der Waals surface area contributed by atoms with Gasteiger partial charge in [-0.15, -0.1) is 0 Å². The molecule has 0 aromatic heterocycles. The van der Waals surface area contributed by atoms with Gasteiger partial charge in [0, 0.05) is 30.7 Å². The highest BCUT2D eigenvalue weighted by atomic mass is 35.5. The predicted molar refractivity (Wildman–Crippen MR) is 120 cm³/mol. The van der Waals surface area contributed by atoms with Crippen molar-refractivity contribution in [2.24, 2.45) is 0 Å². The van der Waals surface area contributed by atoms with Gasteiger partial charge in [0.05, 0.1) is 12.1 Å². The van der Waals surface area contributed by atoms with Crippen LogP contribution < -0.4 is 15.5 Å². The molecule has 7 nitrogen and oxygen atoms in total. The molecule has 1 heterocycles. The highest BCUT2D eigenvalue weighted by molar-refractivity contribution is 7.80. The van der Waals surface area contributed by atoms with Crippen LogP contribution in [-0.4, -0.2) is 46.9 Å². The molecule has 0 unspecified atom stereocenters. The first-order valence-corrected chi connectivity index (χ1v) is 10.2. The third-order valence-corrected chi connectivity index (χ3v) is 5.31. The predicted octanol–water partition coefficient (Wildman–Crippen LogP) is 2.95. The standard InChI is InChI=1S/C21H20ClFN4O3S/c1-13(28)24-10-11-26-18(12-19(29)25-16-6-4-15(23)5-7-16)20(30)27(21(26)31)17-8-2-14(22)3-9-17/h2-9,18H,10-12H2,1H3,(H,24,28)(H,25,29)/t18-/m1/s1. The molecule has 0 bridgehead atoms. The van der Waals surface area contributed by atoms with Gasteiger partial charge in [0.1, 0.15) is 11.9 Å². The van der Waals surface area contributed by atoms with Crippen molar-refractivity contribution in [1.29, 1.82) is 0 Å². The van der Waals surface area contributed by atoms with E-state index in [1.54, 1.807) is 29.2 Å². The van der Waals surface area contributed by atoms with Crippen LogP contribution in [0.4, 0.5) is 15.8 Å². The number of hydrogen-bond donors (Lipinski definition) is 2. The molecular formula is C21H20ClFN4O3S. The van der Waals surface area contributed by atoms with Gasteiger partial charge in [-0.05, 0) is 60.7 Å². The van der Waals surface area contributed by atoms with E-state index in [1.165, 1.54) is 36.1 Å². The largest absolute Gasteiger partial charge is 0.355 e. The minimum absolute atomic E-state index is 0.166. The molecule has 2 aromatic rings. The molecule has 3 amide bonds. The molecule has 0 aliphatic carbocycles. The van der Waals surface area contributed by atoms with Crippen molar-refractivity contribution >= 4 is 58.0 Å². The summed E-state index contributed by atoms with van der Waals surface area (Å²) in [5.74, 6) is -1.41. The normalized spacial score (nSPS) is 15.9. The second kappa shape index (κ2) is 9.84. The molecule has 162 valence electrons. The Morgan fingerprint density at radius 1 is 1.13 bits per heavy atom. The summed E-state index contributed by atoms with van der Waals surface area (Å²) in [5.41, 5.74) is 0.948. The first-order chi connectivity index (χ1) is 14.8. The summed E-state index contributed by atoms with van der Waals surface area (Å²) < 4.78 is 13.1. The van der Waals surface area contributed by atoms with E-state index in [4.69, 9.17) is 23.8 Å². The number of nitrogens with one attached hydrogen (secondary N) is 2. The second-order valence-electron chi connectivity index (χ2n) is 6.88. The van der Waals surface area contributed by atoms with Crippen molar-refractivity contribution in [2.45, 2.75) is 19.4 Å². The van der Waals surface area contributed by atoms with E-state index in [9.17, 15) is 18.8 Å². The summed E-state index contributed by atoms with van der Waals surface area (Å²) in [6.07, 6.45) is -0.166. The molecule has 1 fully saturated rings.